The number of rotatable bonds is 9. The van der Waals surface area contributed by atoms with Crippen LogP contribution in [0.5, 0.6) is 17.2 Å². The van der Waals surface area contributed by atoms with Gasteiger partial charge in [-0.2, -0.15) is 0 Å². The summed E-state index contributed by atoms with van der Waals surface area (Å²) >= 11 is 0. The third-order valence-electron chi connectivity index (χ3n) is 8.10. The maximum Gasteiger partial charge on any atom is 0.258 e. The highest BCUT2D eigenvalue weighted by Gasteiger charge is 2.30. The summed E-state index contributed by atoms with van der Waals surface area (Å²) in [7, 11) is 3.32. The third-order valence-corrected chi connectivity index (χ3v) is 8.10. The van der Waals surface area contributed by atoms with Gasteiger partial charge in [0.25, 0.3) is 5.56 Å². The molecule has 7 heteroatoms. The number of ether oxygens (including phenoxy) is 1. The molecule has 42 heavy (non-hydrogen) atoms. The van der Waals surface area contributed by atoms with E-state index in [0.29, 0.717) is 23.3 Å². The summed E-state index contributed by atoms with van der Waals surface area (Å²) in [5.41, 5.74) is 3.67. The Kier molecular flexibility index (Phi) is 8.02. The van der Waals surface area contributed by atoms with Gasteiger partial charge in [-0.3, -0.25) is 9.59 Å². The van der Waals surface area contributed by atoms with E-state index in [1.54, 1.807) is 55.1 Å². The van der Waals surface area contributed by atoms with Gasteiger partial charge in [-0.1, -0.05) is 61.5 Å². The normalized spacial score (nSPS) is 11.4. The summed E-state index contributed by atoms with van der Waals surface area (Å²) < 4.78 is 7.07. The molecule has 0 bridgehead atoms. The number of amides is 1. The summed E-state index contributed by atoms with van der Waals surface area (Å²) in [6.07, 6.45) is 0.696. The molecule has 1 amide bonds. The first-order chi connectivity index (χ1) is 20.2. The van der Waals surface area contributed by atoms with E-state index in [4.69, 9.17) is 4.74 Å². The van der Waals surface area contributed by atoms with Crippen LogP contribution in [0, 0.1) is 0 Å². The summed E-state index contributed by atoms with van der Waals surface area (Å²) in [6, 6.07) is 29.2. The van der Waals surface area contributed by atoms with Gasteiger partial charge in [0.05, 0.1) is 13.7 Å². The number of phenols is 2. The van der Waals surface area contributed by atoms with Crippen molar-refractivity contribution in [2.75, 3.05) is 7.11 Å². The lowest BCUT2D eigenvalue weighted by Gasteiger charge is -2.31. The molecule has 0 radical (unpaired) electrons. The fraction of sp³-hybridized carbons (Fsp3) is 0.200. The van der Waals surface area contributed by atoms with E-state index >= 15 is 0 Å². The molecule has 4 aromatic carbocycles. The zero-order chi connectivity index (χ0) is 29.9. The number of pyridine rings is 1. The van der Waals surface area contributed by atoms with Crippen molar-refractivity contribution in [2.24, 2.45) is 7.05 Å². The Morgan fingerprint density at radius 2 is 1.45 bits per heavy atom. The predicted molar refractivity (Wildman–Crippen MR) is 165 cm³/mol. The topological polar surface area (TPSA) is 101 Å². The quantitative estimate of drug-likeness (QED) is 0.204. The van der Waals surface area contributed by atoms with Crippen LogP contribution in [0.1, 0.15) is 36.6 Å². The van der Waals surface area contributed by atoms with Crippen LogP contribution in [0.15, 0.2) is 102 Å². The van der Waals surface area contributed by atoms with E-state index in [1.807, 2.05) is 67.6 Å². The van der Waals surface area contributed by atoms with Crippen molar-refractivity contribution in [1.82, 2.24) is 9.88 Å². The van der Waals surface area contributed by atoms with E-state index < -0.39 is 5.41 Å². The molecular weight excluding hydrogens is 528 g/mol. The van der Waals surface area contributed by atoms with Crippen molar-refractivity contribution < 1.29 is 19.7 Å². The van der Waals surface area contributed by atoms with Crippen LogP contribution in [-0.2, 0) is 23.8 Å². The second-order valence-electron chi connectivity index (χ2n) is 10.7. The summed E-state index contributed by atoms with van der Waals surface area (Å²) in [5, 5.41) is 24.1. The molecule has 0 unspecified atom stereocenters. The first kappa shape index (κ1) is 28.5. The number of hydrogen-bond acceptors (Lipinski definition) is 5. The average molecular weight is 563 g/mol. The van der Waals surface area contributed by atoms with Crippen molar-refractivity contribution in [3.8, 4) is 28.4 Å². The largest absolute Gasteiger partial charge is 0.508 e. The molecule has 0 atom stereocenters. The monoisotopic (exact) mass is 562 g/mol. The maximum atomic E-state index is 13.4. The number of hydrogen-bond donors (Lipinski definition) is 3. The van der Waals surface area contributed by atoms with E-state index in [0.717, 1.165) is 27.6 Å². The molecule has 0 aliphatic rings. The summed E-state index contributed by atoms with van der Waals surface area (Å²) in [5.74, 6) is 0.816. The van der Waals surface area contributed by atoms with E-state index in [9.17, 15) is 19.8 Å². The second-order valence-corrected chi connectivity index (χ2v) is 10.7. The molecule has 0 spiro atoms. The van der Waals surface area contributed by atoms with Crippen LogP contribution < -0.4 is 15.6 Å². The highest BCUT2D eigenvalue weighted by Crippen LogP contribution is 2.38. The Morgan fingerprint density at radius 3 is 2.02 bits per heavy atom. The van der Waals surface area contributed by atoms with Gasteiger partial charge >= 0.3 is 0 Å². The van der Waals surface area contributed by atoms with Gasteiger partial charge < -0.3 is 24.8 Å². The summed E-state index contributed by atoms with van der Waals surface area (Å²) in [6.45, 7) is 2.21. The van der Waals surface area contributed by atoms with Gasteiger partial charge in [-0.25, -0.2) is 0 Å². The highest BCUT2D eigenvalue weighted by atomic mass is 16.5. The van der Waals surface area contributed by atoms with Crippen LogP contribution in [0.2, 0.25) is 0 Å². The molecule has 0 fully saturated rings. The molecule has 0 saturated carbocycles. The lowest BCUT2D eigenvalue weighted by molar-refractivity contribution is -0.121. The number of aromatic nitrogens is 1. The minimum absolute atomic E-state index is 0.149. The van der Waals surface area contributed by atoms with E-state index in [2.05, 4.69) is 5.32 Å². The van der Waals surface area contributed by atoms with Crippen molar-refractivity contribution in [1.29, 1.82) is 0 Å². The highest BCUT2D eigenvalue weighted by molar-refractivity contribution is 5.98. The van der Waals surface area contributed by atoms with Crippen molar-refractivity contribution in [3.63, 3.8) is 0 Å². The molecule has 5 aromatic rings. The van der Waals surface area contributed by atoms with Gasteiger partial charge in [-0.15, -0.1) is 0 Å². The lowest BCUT2D eigenvalue weighted by Crippen LogP contribution is -2.31. The number of methoxy groups -OCH3 is 1. The maximum absolute atomic E-state index is 13.4. The number of nitrogens with zero attached hydrogens (tertiary/aromatic N) is 1. The first-order valence-electron chi connectivity index (χ1n) is 13.8. The van der Waals surface area contributed by atoms with Gasteiger partial charge in [0.2, 0.25) is 5.91 Å². The predicted octanol–water partition coefficient (Wildman–Crippen LogP) is 6.03. The molecule has 0 aliphatic carbocycles. The van der Waals surface area contributed by atoms with Crippen molar-refractivity contribution in [2.45, 2.75) is 31.7 Å². The average Bonchev–Trinajstić information content (AvgIpc) is 3.01. The van der Waals surface area contributed by atoms with Crippen molar-refractivity contribution >= 4 is 16.7 Å². The molecule has 1 aromatic heterocycles. The minimum atomic E-state index is -0.555. The first-order valence-corrected chi connectivity index (χ1v) is 13.8. The van der Waals surface area contributed by atoms with Crippen LogP contribution in [0.3, 0.4) is 0 Å². The van der Waals surface area contributed by atoms with Crippen LogP contribution in [0.4, 0.5) is 0 Å². The molecule has 1 heterocycles. The number of phenolic OH excluding ortho intramolecular Hbond substituents is 2. The fourth-order valence-corrected chi connectivity index (χ4v) is 5.55. The van der Waals surface area contributed by atoms with E-state index in [-0.39, 0.29) is 35.9 Å². The minimum Gasteiger partial charge on any atom is -0.508 e. The van der Waals surface area contributed by atoms with Gasteiger partial charge in [-0.05, 0) is 65.6 Å². The molecule has 5 rings (SSSR count). The van der Waals surface area contributed by atoms with Crippen LogP contribution >= 0.6 is 0 Å². The molecule has 3 N–H and O–H groups in total. The number of carbonyl (C=O) groups excluding carboxylic acids is 1. The number of benzene rings is 4. The lowest BCUT2D eigenvalue weighted by atomic mass is 9.73. The fourth-order valence-electron chi connectivity index (χ4n) is 5.55. The molecule has 0 saturated heterocycles. The number of carbonyl (C=O) groups is 1. The van der Waals surface area contributed by atoms with Gasteiger partial charge in [0.1, 0.15) is 17.2 Å². The van der Waals surface area contributed by atoms with Crippen LogP contribution in [-0.4, -0.2) is 27.8 Å². The van der Waals surface area contributed by atoms with Crippen molar-refractivity contribution in [3.05, 3.63) is 124 Å². The molecule has 0 aliphatic heterocycles. The molecule has 214 valence electrons. The second kappa shape index (κ2) is 11.8. The Hall–Kier alpha value is -5.04. The Bertz CT molecular complexity index is 1730. The van der Waals surface area contributed by atoms with E-state index in [1.165, 1.54) is 0 Å². The number of aromatic hydroxyl groups is 2. The number of nitrogens with one attached hydrogen (secondary N) is 1. The Morgan fingerprint density at radius 1 is 0.857 bits per heavy atom. The molecule has 7 nitrogen and oxygen atoms in total. The van der Waals surface area contributed by atoms with Gasteiger partial charge in [0.15, 0.2) is 0 Å². The van der Waals surface area contributed by atoms with Gasteiger partial charge in [0, 0.05) is 40.9 Å². The number of fused-ring (bicyclic) bond motifs is 1. The Balaban J connectivity index is 1.45. The third kappa shape index (κ3) is 5.59. The standard InChI is InChI=1S/C35H34N2O5/c1-35(24-9-13-26(38)14-10-24,25-11-15-27(39)16-12-25)20-19-32(40)36-22-31-33(23-7-5-4-6-8-23)30-21-28(42-3)17-18-29(30)34(41)37(31)2/h4-18,21,38-39H,19-20,22H2,1-3H3,(H,36,40). The zero-order valence-electron chi connectivity index (χ0n) is 23.9. The van der Waals surface area contributed by atoms with Crippen LogP contribution in [0.25, 0.3) is 21.9 Å². The smallest absolute Gasteiger partial charge is 0.258 e. The zero-order valence-corrected chi connectivity index (χ0v) is 23.9. The Labute approximate surface area is 244 Å². The SMILES string of the molecule is COc1ccc2c(=O)n(C)c(CNC(=O)CCC(C)(c3ccc(O)cc3)c3ccc(O)cc3)c(-c3ccccc3)c2c1. The molecular formula is C35H34N2O5. The summed E-state index contributed by atoms with van der Waals surface area (Å²) in [4.78, 5) is 26.7.